The van der Waals surface area contributed by atoms with Gasteiger partial charge >= 0.3 is 0 Å². The fraction of sp³-hybridized carbons (Fsp3) is 0.250. The highest BCUT2D eigenvalue weighted by Crippen LogP contribution is 2.36. The minimum absolute atomic E-state index is 0.773. The first-order chi connectivity index (χ1) is 9.15. The summed E-state index contributed by atoms with van der Waals surface area (Å²) in [6.07, 6.45) is 0.858. The Morgan fingerprint density at radius 3 is 2.89 bits per heavy atom. The first-order valence-corrected chi connectivity index (χ1v) is 8.23. The van der Waals surface area contributed by atoms with E-state index in [2.05, 4.69) is 21.3 Å². The zero-order chi connectivity index (χ0) is 13.4. The van der Waals surface area contributed by atoms with Gasteiger partial charge in [-0.05, 0) is 30.6 Å². The van der Waals surface area contributed by atoms with Gasteiger partial charge in [0.05, 0.1) is 15.2 Å². The number of benzene rings is 1. The van der Waals surface area contributed by atoms with Gasteiger partial charge in [-0.2, -0.15) is 4.37 Å². The molecule has 98 valence electrons. The number of hydrogen-bond donors (Lipinski definition) is 1. The maximum atomic E-state index is 6.10. The lowest BCUT2D eigenvalue weighted by molar-refractivity contribution is 0.972. The molecule has 2 heterocycles. The van der Waals surface area contributed by atoms with E-state index in [9.17, 15) is 0 Å². The summed E-state index contributed by atoms with van der Waals surface area (Å²) < 4.78 is 6.34. The topological polar surface area (TPSA) is 64.7 Å². The van der Waals surface area contributed by atoms with Crippen molar-refractivity contribution in [3.8, 4) is 0 Å². The molecule has 7 heteroatoms. The molecule has 0 fully saturated rings. The highest BCUT2D eigenvalue weighted by molar-refractivity contribution is 8.01. The van der Waals surface area contributed by atoms with Crippen LogP contribution >= 0.6 is 34.6 Å². The Bertz CT molecular complexity index is 732. The Labute approximate surface area is 123 Å². The van der Waals surface area contributed by atoms with Gasteiger partial charge in [0.1, 0.15) is 5.82 Å². The summed E-state index contributed by atoms with van der Waals surface area (Å²) in [6, 6.07) is 4.02. The van der Waals surface area contributed by atoms with Gasteiger partial charge in [0.2, 0.25) is 0 Å². The molecule has 0 aliphatic carbocycles. The van der Waals surface area contributed by atoms with Crippen molar-refractivity contribution in [2.45, 2.75) is 29.5 Å². The van der Waals surface area contributed by atoms with Crippen molar-refractivity contribution in [2.24, 2.45) is 0 Å². The number of fused-ring (bicyclic) bond motifs is 1. The third kappa shape index (κ3) is 2.58. The van der Waals surface area contributed by atoms with Crippen molar-refractivity contribution in [1.29, 1.82) is 0 Å². The molecular formula is C12H12N4S3. The van der Waals surface area contributed by atoms with E-state index in [1.54, 1.807) is 23.1 Å². The number of aryl methyl sites for hydroxylation is 2. The molecule has 0 bridgehead atoms. The Hall–Kier alpha value is -1.18. The van der Waals surface area contributed by atoms with Crippen LogP contribution in [0.5, 0.6) is 0 Å². The van der Waals surface area contributed by atoms with E-state index in [-0.39, 0.29) is 0 Å². The Morgan fingerprint density at radius 1 is 1.32 bits per heavy atom. The normalized spacial score (nSPS) is 11.3. The maximum absolute atomic E-state index is 6.10. The van der Waals surface area contributed by atoms with Gasteiger partial charge in [-0.25, -0.2) is 9.97 Å². The minimum atomic E-state index is 0.773. The van der Waals surface area contributed by atoms with Crippen LogP contribution in [-0.4, -0.2) is 14.3 Å². The molecule has 3 rings (SSSR count). The molecule has 2 N–H and O–H groups in total. The lowest BCUT2D eigenvalue weighted by atomic mass is 10.3. The van der Waals surface area contributed by atoms with Crippen LogP contribution in [0.15, 0.2) is 21.4 Å². The quantitative estimate of drug-likeness (QED) is 0.746. The molecule has 1 aromatic carbocycles. The summed E-state index contributed by atoms with van der Waals surface area (Å²) in [5, 5.41) is 1.06. The predicted molar refractivity (Wildman–Crippen MR) is 82.2 cm³/mol. The second-order valence-corrected chi connectivity index (χ2v) is 7.30. The molecule has 0 radical (unpaired) electrons. The van der Waals surface area contributed by atoms with Crippen molar-refractivity contribution in [3.63, 3.8) is 0 Å². The smallest absolute Gasteiger partial charge is 0.174 e. The van der Waals surface area contributed by atoms with Crippen molar-refractivity contribution >= 4 is 50.5 Å². The minimum Gasteiger partial charge on any atom is -0.398 e. The first kappa shape index (κ1) is 12.8. The van der Waals surface area contributed by atoms with Crippen LogP contribution in [0.2, 0.25) is 0 Å². The first-order valence-electron chi connectivity index (χ1n) is 5.83. The van der Waals surface area contributed by atoms with E-state index in [0.717, 1.165) is 42.4 Å². The zero-order valence-electron chi connectivity index (χ0n) is 10.5. The Morgan fingerprint density at radius 2 is 2.16 bits per heavy atom. The van der Waals surface area contributed by atoms with Crippen LogP contribution < -0.4 is 5.73 Å². The molecular weight excluding hydrogens is 296 g/mol. The average molecular weight is 308 g/mol. The Balaban J connectivity index is 1.97. The van der Waals surface area contributed by atoms with Crippen LogP contribution in [0.3, 0.4) is 0 Å². The summed E-state index contributed by atoms with van der Waals surface area (Å²) in [5.74, 6) is 0.886. The SMILES string of the molecule is CCc1nsc(Sc2cc3nc(C)sc3cc2N)n1. The lowest BCUT2D eigenvalue weighted by Gasteiger charge is -2.02. The van der Waals surface area contributed by atoms with Crippen LogP contribution in [-0.2, 0) is 6.42 Å². The van der Waals surface area contributed by atoms with Crippen molar-refractivity contribution < 1.29 is 0 Å². The van der Waals surface area contributed by atoms with E-state index in [1.165, 1.54) is 11.5 Å². The molecule has 0 saturated carbocycles. The second kappa shape index (κ2) is 5.07. The fourth-order valence-electron chi connectivity index (χ4n) is 1.69. The molecule has 0 aliphatic heterocycles. The largest absolute Gasteiger partial charge is 0.398 e. The van der Waals surface area contributed by atoms with E-state index < -0.39 is 0 Å². The van der Waals surface area contributed by atoms with Crippen LogP contribution in [0.25, 0.3) is 10.2 Å². The van der Waals surface area contributed by atoms with Gasteiger partial charge in [-0.1, -0.05) is 18.7 Å². The lowest BCUT2D eigenvalue weighted by Crippen LogP contribution is -1.88. The van der Waals surface area contributed by atoms with Gasteiger partial charge < -0.3 is 5.73 Å². The maximum Gasteiger partial charge on any atom is 0.174 e. The molecule has 0 aliphatic rings. The number of hydrogen-bond acceptors (Lipinski definition) is 7. The molecule has 0 spiro atoms. The van der Waals surface area contributed by atoms with Crippen molar-refractivity contribution in [3.05, 3.63) is 23.0 Å². The molecule has 2 aromatic heterocycles. The van der Waals surface area contributed by atoms with Gasteiger partial charge in [0.15, 0.2) is 4.34 Å². The van der Waals surface area contributed by atoms with E-state index in [4.69, 9.17) is 5.73 Å². The zero-order valence-corrected chi connectivity index (χ0v) is 13.0. The fourth-order valence-corrected chi connectivity index (χ4v) is 4.26. The summed E-state index contributed by atoms with van der Waals surface area (Å²) in [6.45, 7) is 4.06. The van der Waals surface area contributed by atoms with E-state index in [1.807, 2.05) is 19.1 Å². The summed E-state index contributed by atoms with van der Waals surface area (Å²) >= 11 is 4.64. The number of thiazole rings is 1. The molecule has 0 amide bonds. The third-order valence-electron chi connectivity index (χ3n) is 2.59. The predicted octanol–water partition coefficient (Wildman–Crippen LogP) is 3.75. The standard InChI is InChI=1S/C12H12N4S3/c1-3-11-15-12(19-16-11)18-9-5-8-10(4-7(9)13)17-6(2)14-8/h4-5H,3,13H2,1-2H3. The molecule has 19 heavy (non-hydrogen) atoms. The van der Waals surface area contributed by atoms with Crippen molar-refractivity contribution in [2.75, 3.05) is 5.73 Å². The molecule has 0 saturated heterocycles. The van der Waals surface area contributed by atoms with Gasteiger partial charge in [-0.3, -0.25) is 0 Å². The number of aromatic nitrogens is 3. The monoisotopic (exact) mass is 308 g/mol. The molecule has 4 nitrogen and oxygen atoms in total. The summed E-state index contributed by atoms with van der Waals surface area (Å²) in [5.41, 5.74) is 7.87. The van der Waals surface area contributed by atoms with Gasteiger partial charge in [0, 0.05) is 17.0 Å². The number of nitrogens with zero attached hydrogens (tertiary/aromatic N) is 3. The Kier molecular flexibility index (Phi) is 3.42. The third-order valence-corrected chi connectivity index (χ3v) is 5.39. The number of nitrogen functional groups attached to an aromatic ring is 1. The van der Waals surface area contributed by atoms with Crippen molar-refractivity contribution in [1.82, 2.24) is 14.3 Å². The number of rotatable bonds is 3. The average Bonchev–Trinajstić information content (AvgIpc) is 2.95. The summed E-state index contributed by atoms with van der Waals surface area (Å²) in [7, 11) is 0. The number of anilines is 1. The molecule has 0 unspecified atom stereocenters. The van der Waals surface area contributed by atoms with Gasteiger partial charge in [0.25, 0.3) is 0 Å². The second-order valence-electron chi connectivity index (χ2n) is 4.02. The van der Waals surface area contributed by atoms with Crippen LogP contribution in [0.4, 0.5) is 5.69 Å². The van der Waals surface area contributed by atoms with Crippen LogP contribution in [0, 0.1) is 6.92 Å². The highest BCUT2D eigenvalue weighted by Gasteiger charge is 2.10. The summed E-state index contributed by atoms with van der Waals surface area (Å²) in [4.78, 5) is 9.94. The molecule has 0 atom stereocenters. The van der Waals surface area contributed by atoms with Gasteiger partial charge in [-0.15, -0.1) is 11.3 Å². The van der Waals surface area contributed by atoms with E-state index >= 15 is 0 Å². The van der Waals surface area contributed by atoms with Crippen LogP contribution in [0.1, 0.15) is 17.8 Å². The van der Waals surface area contributed by atoms with E-state index in [0.29, 0.717) is 0 Å². The number of nitrogens with two attached hydrogens (primary N) is 1. The highest BCUT2D eigenvalue weighted by atomic mass is 32.2. The molecule has 3 aromatic rings.